The minimum Gasteiger partial charge on any atom is -0.396 e. The Balaban J connectivity index is 0. The maximum atomic E-state index is 9.87. The summed E-state index contributed by atoms with van der Waals surface area (Å²) in [5.41, 5.74) is 10.4. The molecule has 0 aromatic rings. The van der Waals surface area contributed by atoms with Gasteiger partial charge in [0.15, 0.2) is 0 Å². The predicted molar refractivity (Wildman–Crippen MR) is 40.7 cm³/mol. The number of hydrogen-bond donors (Lipinski definition) is 3. The third kappa shape index (κ3) is 38.5. The lowest BCUT2D eigenvalue weighted by molar-refractivity contribution is -0.119. The van der Waals surface area contributed by atoms with Crippen molar-refractivity contribution in [2.24, 2.45) is 5.73 Å². The normalized spacial score (nSPS) is 6.44. The first-order valence-electron chi connectivity index (χ1n) is 2.27. The van der Waals surface area contributed by atoms with Crippen LogP contribution in [0.1, 0.15) is 6.92 Å². The number of nitrogens with one attached hydrogen (secondary N) is 2. The molecule has 0 fully saturated rings. The molecule has 4 N–H and O–H groups in total. The van der Waals surface area contributed by atoms with E-state index in [0.29, 0.717) is 0 Å². The van der Waals surface area contributed by atoms with Crippen LogP contribution < -0.4 is 16.6 Å². The zero-order chi connectivity index (χ0) is 7.70. The summed E-state index contributed by atoms with van der Waals surface area (Å²) in [6, 6.07) is 0. The topological polar surface area (TPSA) is 67.1 Å². The Morgan fingerprint density at radius 1 is 1.78 bits per heavy atom. The number of thiocarbonyl (C=S) groups is 1. The molecule has 0 aliphatic carbocycles. The minimum atomic E-state index is -0.0718. The van der Waals surface area contributed by atoms with Gasteiger partial charge in [-0.15, -0.1) is 0 Å². The molecule has 0 aliphatic rings. The molecule has 0 heterocycles. The summed E-state index contributed by atoms with van der Waals surface area (Å²) in [5, 5.41) is 0. The Bertz CT molecular complexity index is 85.9. The van der Waals surface area contributed by atoms with Crippen LogP contribution >= 0.6 is 12.2 Å². The summed E-state index contributed by atoms with van der Waals surface area (Å²) in [5.74, 6) is -0.0718. The van der Waals surface area contributed by atoms with Crippen molar-refractivity contribution in [2.45, 2.75) is 6.92 Å². The summed E-state index contributed by atoms with van der Waals surface area (Å²) in [4.78, 5) is 9.87. The highest BCUT2D eigenvalue weighted by atomic mass is 32.1. The number of amides is 1. The fourth-order valence-corrected chi connectivity index (χ4v) is 0.176. The summed E-state index contributed by atoms with van der Waals surface area (Å²) < 4.78 is 0. The zero-order valence-electron chi connectivity index (χ0n) is 5.47. The summed E-state index contributed by atoms with van der Waals surface area (Å²) >= 11 is 4.05. The van der Waals surface area contributed by atoms with Gasteiger partial charge in [0.1, 0.15) is 0 Å². The number of nitrogens with two attached hydrogens (primary N) is 1. The van der Waals surface area contributed by atoms with E-state index in [4.69, 9.17) is 0 Å². The van der Waals surface area contributed by atoms with Crippen LogP contribution in [0.25, 0.3) is 0 Å². The second-order valence-electron chi connectivity index (χ2n) is 1.07. The largest absolute Gasteiger partial charge is 0.396 e. The van der Waals surface area contributed by atoms with Gasteiger partial charge in [-0.2, -0.15) is 0 Å². The van der Waals surface area contributed by atoms with Gasteiger partial charge >= 0.3 is 0 Å². The van der Waals surface area contributed by atoms with E-state index >= 15 is 0 Å². The molecule has 5 heteroatoms. The van der Waals surface area contributed by atoms with Gasteiger partial charge in [0.25, 0.3) is 0 Å². The van der Waals surface area contributed by atoms with E-state index in [9.17, 15) is 4.79 Å². The molecule has 4 nitrogen and oxygen atoms in total. The molecule has 0 bridgehead atoms. The third-order valence-electron chi connectivity index (χ3n) is 0.301. The second-order valence-corrected chi connectivity index (χ2v) is 1.34. The van der Waals surface area contributed by atoms with Crippen LogP contribution in [0.5, 0.6) is 0 Å². The van der Waals surface area contributed by atoms with Crippen molar-refractivity contribution in [1.29, 1.82) is 0 Å². The Hall–Kier alpha value is -0.680. The molecule has 0 saturated carbocycles. The SMILES string of the molecule is CNNC(C)=O.NC=S. The lowest BCUT2D eigenvalue weighted by Crippen LogP contribution is -2.31. The molecular weight excluding hydrogens is 138 g/mol. The summed E-state index contributed by atoms with van der Waals surface area (Å²) in [6.45, 7) is 1.44. The van der Waals surface area contributed by atoms with Crippen molar-refractivity contribution in [2.75, 3.05) is 7.05 Å². The molecular formula is C4H11N3OS. The van der Waals surface area contributed by atoms with E-state index in [1.54, 1.807) is 7.05 Å². The zero-order valence-corrected chi connectivity index (χ0v) is 6.29. The summed E-state index contributed by atoms with van der Waals surface area (Å²) in [6.07, 6.45) is 0. The predicted octanol–water partition coefficient (Wildman–Crippen LogP) is -0.841. The number of rotatable bonds is 1. The first kappa shape index (κ1) is 11.2. The van der Waals surface area contributed by atoms with Crippen LogP contribution in [0.4, 0.5) is 0 Å². The molecule has 9 heavy (non-hydrogen) atoms. The molecule has 0 radical (unpaired) electrons. The highest BCUT2D eigenvalue weighted by molar-refractivity contribution is 7.78. The molecule has 0 aromatic carbocycles. The fraction of sp³-hybridized carbons (Fsp3) is 0.500. The van der Waals surface area contributed by atoms with E-state index in [0.717, 1.165) is 5.49 Å². The highest BCUT2D eigenvalue weighted by Crippen LogP contribution is 1.46. The molecule has 0 atom stereocenters. The van der Waals surface area contributed by atoms with Gasteiger partial charge < -0.3 is 5.73 Å². The van der Waals surface area contributed by atoms with Crippen LogP contribution in [0.2, 0.25) is 0 Å². The fourth-order valence-electron chi connectivity index (χ4n) is 0.176. The van der Waals surface area contributed by atoms with Gasteiger partial charge in [0, 0.05) is 14.0 Å². The Kier molecular flexibility index (Phi) is 12.8. The lowest BCUT2D eigenvalue weighted by atomic mass is 10.8. The Labute approximate surface area is 59.8 Å². The number of carbonyl (C=O) groups excluding carboxylic acids is 1. The van der Waals surface area contributed by atoms with Crippen LogP contribution in [0.3, 0.4) is 0 Å². The van der Waals surface area contributed by atoms with Gasteiger partial charge in [-0.1, -0.05) is 12.2 Å². The van der Waals surface area contributed by atoms with Gasteiger partial charge in [-0.05, 0) is 0 Å². The minimum absolute atomic E-state index is 0.0718. The van der Waals surface area contributed by atoms with E-state index in [1.165, 1.54) is 6.92 Å². The number of hydrazine groups is 1. The van der Waals surface area contributed by atoms with Crippen LogP contribution in [-0.4, -0.2) is 18.4 Å². The van der Waals surface area contributed by atoms with Crippen molar-refractivity contribution < 1.29 is 4.79 Å². The van der Waals surface area contributed by atoms with Crippen molar-refractivity contribution >= 4 is 23.6 Å². The van der Waals surface area contributed by atoms with Gasteiger partial charge in [0.2, 0.25) is 5.91 Å². The van der Waals surface area contributed by atoms with E-state index < -0.39 is 0 Å². The quantitative estimate of drug-likeness (QED) is 0.336. The van der Waals surface area contributed by atoms with Crippen molar-refractivity contribution in [3.63, 3.8) is 0 Å². The van der Waals surface area contributed by atoms with Gasteiger partial charge in [-0.3, -0.25) is 10.2 Å². The second kappa shape index (κ2) is 10.3. The first-order chi connectivity index (χ1) is 4.18. The van der Waals surface area contributed by atoms with Crippen LogP contribution in [0.15, 0.2) is 0 Å². The van der Waals surface area contributed by atoms with Crippen molar-refractivity contribution in [1.82, 2.24) is 10.9 Å². The van der Waals surface area contributed by atoms with Gasteiger partial charge in [0.05, 0.1) is 5.49 Å². The maximum absolute atomic E-state index is 9.87. The Morgan fingerprint density at radius 3 is 2.11 bits per heavy atom. The smallest absolute Gasteiger partial charge is 0.230 e. The maximum Gasteiger partial charge on any atom is 0.230 e. The molecule has 0 rings (SSSR count). The molecule has 1 amide bonds. The Morgan fingerprint density at radius 2 is 2.11 bits per heavy atom. The molecule has 0 spiro atoms. The summed E-state index contributed by atoms with van der Waals surface area (Å²) in [7, 11) is 1.64. The number of carbonyl (C=O) groups is 1. The molecule has 54 valence electrons. The van der Waals surface area contributed by atoms with Crippen molar-refractivity contribution in [3.05, 3.63) is 0 Å². The molecule has 0 aromatic heterocycles. The average molecular weight is 149 g/mol. The van der Waals surface area contributed by atoms with E-state index in [2.05, 4.69) is 28.8 Å². The monoisotopic (exact) mass is 149 g/mol. The van der Waals surface area contributed by atoms with Gasteiger partial charge in [-0.25, -0.2) is 5.43 Å². The lowest BCUT2D eigenvalue weighted by Gasteiger charge is -1.91. The van der Waals surface area contributed by atoms with Crippen LogP contribution in [0, 0.1) is 0 Å². The van der Waals surface area contributed by atoms with E-state index in [-0.39, 0.29) is 5.91 Å². The number of hydrogen-bond acceptors (Lipinski definition) is 3. The first-order valence-corrected chi connectivity index (χ1v) is 2.74. The van der Waals surface area contributed by atoms with E-state index in [1.807, 2.05) is 0 Å². The highest BCUT2D eigenvalue weighted by Gasteiger charge is 1.77. The standard InChI is InChI=1S/C3H8N2O.CH3NS/c1-3(6)5-4-2;2-1-3/h4H,1-2H3,(H,5,6);1H,(H2,2,3). The molecule has 0 unspecified atom stereocenters. The molecule has 0 aliphatic heterocycles. The molecule has 0 saturated heterocycles. The van der Waals surface area contributed by atoms with Crippen molar-refractivity contribution in [3.8, 4) is 0 Å². The third-order valence-corrected chi connectivity index (χ3v) is 0.301. The average Bonchev–Trinajstić information content (AvgIpc) is 1.67. The van der Waals surface area contributed by atoms with Crippen LogP contribution in [-0.2, 0) is 4.79 Å².